The van der Waals surface area contributed by atoms with Gasteiger partial charge in [0, 0.05) is 9.35 Å². The molecule has 0 amide bonds. The maximum Gasteiger partial charge on any atom is 0.114 e. The molecule has 0 bridgehead atoms. The van der Waals surface area contributed by atoms with Crippen LogP contribution in [0.4, 0.5) is 0 Å². The van der Waals surface area contributed by atoms with E-state index in [1.54, 1.807) is 11.3 Å². The number of nitrogens with zero attached hydrogens (tertiary/aromatic N) is 1. The highest BCUT2D eigenvalue weighted by atomic mass is 79.9. The van der Waals surface area contributed by atoms with Crippen molar-refractivity contribution in [2.75, 3.05) is 0 Å². The standard InChI is InChI=1S/C12H12BrClN2S/c1-6-7(2)17-12(16-6)11(15)8-3-4-10(14)9(13)5-8/h3-5,11H,15H2,1-2H3. The fraction of sp³-hybridized carbons (Fsp3) is 0.250. The van der Waals surface area contributed by atoms with Gasteiger partial charge in [-0.2, -0.15) is 0 Å². The Morgan fingerprint density at radius 3 is 2.65 bits per heavy atom. The Labute approximate surface area is 118 Å². The van der Waals surface area contributed by atoms with Crippen LogP contribution in [0.1, 0.15) is 27.2 Å². The highest BCUT2D eigenvalue weighted by Crippen LogP contribution is 2.30. The number of nitrogens with two attached hydrogens (primary N) is 1. The van der Waals surface area contributed by atoms with E-state index in [1.807, 2.05) is 25.1 Å². The Morgan fingerprint density at radius 2 is 2.12 bits per heavy atom. The molecule has 17 heavy (non-hydrogen) atoms. The van der Waals surface area contributed by atoms with Crippen LogP contribution in [-0.4, -0.2) is 4.98 Å². The number of hydrogen-bond acceptors (Lipinski definition) is 3. The van der Waals surface area contributed by atoms with Crippen molar-refractivity contribution in [2.24, 2.45) is 5.73 Å². The number of rotatable bonds is 2. The van der Waals surface area contributed by atoms with E-state index in [1.165, 1.54) is 4.88 Å². The number of halogens is 2. The number of hydrogen-bond donors (Lipinski definition) is 1. The summed E-state index contributed by atoms with van der Waals surface area (Å²) in [6.45, 7) is 4.06. The van der Waals surface area contributed by atoms with Crippen molar-refractivity contribution in [1.82, 2.24) is 4.98 Å². The maximum atomic E-state index is 6.20. The zero-order chi connectivity index (χ0) is 12.6. The van der Waals surface area contributed by atoms with Gasteiger partial charge in [0.15, 0.2) is 0 Å². The van der Waals surface area contributed by atoms with Gasteiger partial charge in [0.2, 0.25) is 0 Å². The van der Waals surface area contributed by atoms with Crippen LogP contribution in [0.15, 0.2) is 22.7 Å². The van der Waals surface area contributed by atoms with Gasteiger partial charge in [-0.3, -0.25) is 0 Å². The second-order valence-electron chi connectivity index (χ2n) is 3.84. The van der Waals surface area contributed by atoms with Gasteiger partial charge in [0.25, 0.3) is 0 Å². The fourth-order valence-electron chi connectivity index (χ4n) is 1.48. The SMILES string of the molecule is Cc1nc(C(N)c2ccc(Cl)c(Br)c2)sc1C. The molecule has 1 aromatic heterocycles. The largest absolute Gasteiger partial charge is 0.318 e. The Bertz CT molecular complexity index is 534. The summed E-state index contributed by atoms with van der Waals surface area (Å²) in [6, 6.07) is 5.53. The van der Waals surface area contributed by atoms with E-state index in [4.69, 9.17) is 17.3 Å². The lowest BCUT2D eigenvalue weighted by Gasteiger charge is -2.09. The van der Waals surface area contributed by atoms with Crippen LogP contribution in [0.2, 0.25) is 5.02 Å². The van der Waals surface area contributed by atoms with Crippen LogP contribution in [0.5, 0.6) is 0 Å². The van der Waals surface area contributed by atoms with Crippen molar-refractivity contribution in [2.45, 2.75) is 19.9 Å². The molecule has 2 nitrogen and oxygen atoms in total. The van der Waals surface area contributed by atoms with Crippen molar-refractivity contribution in [3.8, 4) is 0 Å². The van der Waals surface area contributed by atoms with Gasteiger partial charge in [-0.05, 0) is 47.5 Å². The predicted octanol–water partition coefficient (Wildman–Crippen LogP) is 4.22. The van der Waals surface area contributed by atoms with Gasteiger partial charge in [-0.1, -0.05) is 17.7 Å². The number of benzene rings is 1. The molecule has 1 heterocycles. The highest BCUT2D eigenvalue weighted by molar-refractivity contribution is 9.10. The molecular formula is C12H12BrClN2S. The molecule has 0 saturated carbocycles. The molecule has 0 radical (unpaired) electrons. The van der Waals surface area contributed by atoms with Crippen LogP contribution >= 0.6 is 38.9 Å². The minimum absolute atomic E-state index is 0.194. The first-order chi connectivity index (χ1) is 7.99. The second-order valence-corrected chi connectivity index (χ2v) is 6.34. The Kier molecular flexibility index (Phi) is 3.88. The topological polar surface area (TPSA) is 38.9 Å². The van der Waals surface area contributed by atoms with Crippen LogP contribution in [-0.2, 0) is 0 Å². The van der Waals surface area contributed by atoms with Gasteiger partial charge >= 0.3 is 0 Å². The molecule has 0 aliphatic rings. The molecule has 0 aliphatic heterocycles. The van der Waals surface area contributed by atoms with Gasteiger partial charge in [-0.25, -0.2) is 4.98 Å². The average Bonchev–Trinajstić information content (AvgIpc) is 2.62. The lowest BCUT2D eigenvalue weighted by atomic mass is 10.1. The summed E-state index contributed by atoms with van der Waals surface area (Å²) in [5.41, 5.74) is 8.26. The molecule has 0 fully saturated rings. The van der Waals surface area contributed by atoms with E-state index in [9.17, 15) is 0 Å². The first kappa shape index (κ1) is 13.0. The van der Waals surface area contributed by atoms with Crippen molar-refractivity contribution in [3.05, 3.63) is 48.8 Å². The third-order valence-corrected chi connectivity index (χ3v) is 4.98. The third kappa shape index (κ3) is 2.71. The zero-order valence-electron chi connectivity index (χ0n) is 9.50. The summed E-state index contributed by atoms with van der Waals surface area (Å²) >= 11 is 11.0. The summed E-state index contributed by atoms with van der Waals surface area (Å²) in [7, 11) is 0. The molecule has 1 unspecified atom stereocenters. The van der Waals surface area contributed by atoms with Crippen LogP contribution < -0.4 is 5.73 Å². The summed E-state index contributed by atoms with van der Waals surface area (Å²) in [4.78, 5) is 5.70. The van der Waals surface area contributed by atoms with E-state index >= 15 is 0 Å². The van der Waals surface area contributed by atoms with Crippen LogP contribution in [0, 0.1) is 13.8 Å². The van der Waals surface area contributed by atoms with Gasteiger partial charge in [0.05, 0.1) is 16.8 Å². The van der Waals surface area contributed by atoms with E-state index in [-0.39, 0.29) is 6.04 Å². The molecule has 0 saturated heterocycles. The fourth-order valence-corrected chi connectivity index (χ4v) is 2.95. The molecule has 2 aromatic rings. The second kappa shape index (κ2) is 5.06. The molecular weight excluding hydrogens is 320 g/mol. The Morgan fingerprint density at radius 1 is 1.41 bits per heavy atom. The first-order valence-corrected chi connectivity index (χ1v) is 7.12. The quantitative estimate of drug-likeness (QED) is 0.894. The molecule has 90 valence electrons. The maximum absolute atomic E-state index is 6.20. The Hall–Kier alpha value is -0.420. The minimum Gasteiger partial charge on any atom is -0.318 e. The molecule has 5 heteroatoms. The summed E-state index contributed by atoms with van der Waals surface area (Å²) in [5, 5.41) is 1.63. The number of aryl methyl sites for hydroxylation is 2. The van der Waals surface area contributed by atoms with Crippen LogP contribution in [0.3, 0.4) is 0 Å². The van der Waals surface area contributed by atoms with E-state index in [2.05, 4.69) is 27.8 Å². The average molecular weight is 332 g/mol. The summed E-state index contributed by atoms with van der Waals surface area (Å²) < 4.78 is 0.858. The van der Waals surface area contributed by atoms with Crippen molar-refractivity contribution < 1.29 is 0 Å². The highest BCUT2D eigenvalue weighted by Gasteiger charge is 2.15. The molecule has 0 aliphatic carbocycles. The monoisotopic (exact) mass is 330 g/mol. The van der Waals surface area contributed by atoms with E-state index in [0.717, 1.165) is 20.7 Å². The number of thiazole rings is 1. The third-order valence-electron chi connectivity index (χ3n) is 2.61. The van der Waals surface area contributed by atoms with Crippen molar-refractivity contribution in [3.63, 3.8) is 0 Å². The predicted molar refractivity (Wildman–Crippen MR) is 76.8 cm³/mol. The van der Waals surface area contributed by atoms with Crippen molar-refractivity contribution >= 4 is 38.9 Å². The van der Waals surface area contributed by atoms with E-state index < -0.39 is 0 Å². The summed E-state index contributed by atoms with van der Waals surface area (Å²) in [6.07, 6.45) is 0. The van der Waals surface area contributed by atoms with Gasteiger partial charge in [0.1, 0.15) is 5.01 Å². The molecule has 2 rings (SSSR count). The smallest absolute Gasteiger partial charge is 0.114 e. The molecule has 1 atom stereocenters. The molecule has 2 N–H and O–H groups in total. The number of aromatic nitrogens is 1. The zero-order valence-corrected chi connectivity index (χ0v) is 12.7. The lowest BCUT2D eigenvalue weighted by molar-refractivity contribution is 0.851. The molecule has 0 spiro atoms. The summed E-state index contributed by atoms with van der Waals surface area (Å²) in [5.74, 6) is 0. The van der Waals surface area contributed by atoms with Crippen molar-refractivity contribution in [1.29, 1.82) is 0 Å². The van der Waals surface area contributed by atoms with E-state index in [0.29, 0.717) is 5.02 Å². The van der Waals surface area contributed by atoms with Gasteiger partial charge in [-0.15, -0.1) is 11.3 Å². The van der Waals surface area contributed by atoms with Gasteiger partial charge < -0.3 is 5.73 Å². The molecule has 1 aromatic carbocycles. The minimum atomic E-state index is -0.194. The Balaban J connectivity index is 2.36. The van der Waals surface area contributed by atoms with Crippen LogP contribution in [0.25, 0.3) is 0 Å². The normalized spacial score (nSPS) is 12.8. The first-order valence-electron chi connectivity index (χ1n) is 5.13. The lowest BCUT2D eigenvalue weighted by Crippen LogP contribution is -2.11.